The molecular weight excluding hydrogens is 423 g/mol. The highest BCUT2D eigenvalue weighted by Gasteiger charge is 2.16. The summed E-state index contributed by atoms with van der Waals surface area (Å²) in [5.74, 6) is -0.109. The van der Waals surface area contributed by atoms with Gasteiger partial charge in [-0.15, -0.1) is 0 Å². The van der Waals surface area contributed by atoms with Gasteiger partial charge in [-0.25, -0.2) is 4.39 Å². The smallest absolute Gasteiger partial charge is 0.302 e. The molecule has 2 aromatic carbocycles. The first-order valence-electron chi connectivity index (χ1n) is 10.5. The maximum absolute atomic E-state index is 14.2. The molecule has 0 aliphatic carbocycles. The molecule has 4 rings (SSSR count). The number of carbonyl (C=O) groups is 1. The largest absolute Gasteiger partial charge is 0.426 e. The summed E-state index contributed by atoms with van der Waals surface area (Å²) in [5, 5.41) is 0.430. The second kappa shape index (κ2) is 9.20. The number of ether oxygens (including phenoxy) is 1. The molecule has 168 valence electrons. The van der Waals surface area contributed by atoms with E-state index in [1.54, 1.807) is 30.3 Å². The fourth-order valence-electron chi connectivity index (χ4n) is 3.43. The van der Waals surface area contributed by atoms with Gasteiger partial charge in [0.15, 0.2) is 5.78 Å². The Hall–Kier alpha value is -4.07. The van der Waals surface area contributed by atoms with E-state index in [2.05, 4.69) is 15.0 Å². The number of benzene rings is 2. The van der Waals surface area contributed by atoms with E-state index in [1.165, 1.54) is 18.5 Å². The third-order valence-corrected chi connectivity index (χ3v) is 5.16. The minimum absolute atomic E-state index is 0.0634. The van der Waals surface area contributed by atoms with Gasteiger partial charge in [0.25, 0.3) is 5.56 Å². The van der Waals surface area contributed by atoms with Gasteiger partial charge in [0.05, 0.1) is 22.7 Å². The third-order valence-electron chi connectivity index (χ3n) is 5.16. The molecule has 0 spiro atoms. The van der Waals surface area contributed by atoms with Gasteiger partial charge in [-0.3, -0.25) is 19.6 Å². The molecule has 7 nitrogen and oxygen atoms in total. The second-order valence-corrected chi connectivity index (χ2v) is 8.10. The Morgan fingerprint density at radius 1 is 1.12 bits per heavy atom. The molecule has 2 aromatic heterocycles. The number of aromatic nitrogens is 3. The van der Waals surface area contributed by atoms with Crippen molar-refractivity contribution in [1.82, 2.24) is 15.0 Å². The zero-order valence-electron chi connectivity index (χ0n) is 18.5. The molecule has 8 heteroatoms. The van der Waals surface area contributed by atoms with Crippen molar-refractivity contribution in [3.63, 3.8) is 0 Å². The van der Waals surface area contributed by atoms with Crippen LogP contribution in [0.3, 0.4) is 0 Å². The molecule has 33 heavy (non-hydrogen) atoms. The van der Waals surface area contributed by atoms with Gasteiger partial charge in [0, 0.05) is 31.0 Å². The van der Waals surface area contributed by atoms with Crippen molar-refractivity contribution >= 4 is 28.1 Å². The molecule has 0 aliphatic rings. The number of Topliss-reactive ketones (excluding diaryl/α,β-unsaturated/α-hetero) is 1. The number of ketones is 1. The molecule has 4 aromatic rings. The van der Waals surface area contributed by atoms with Crippen molar-refractivity contribution in [1.29, 1.82) is 0 Å². The number of H-pyrrole nitrogens is 1. The average Bonchev–Trinajstić information content (AvgIpc) is 2.79. The van der Waals surface area contributed by atoms with E-state index in [0.717, 1.165) is 5.69 Å². The Bertz CT molecular complexity index is 1370. The Balaban J connectivity index is 1.54. The van der Waals surface area contributed by atoms with Crippen LogP contribution in [0.15, 0.2) is 65.7 Å². The van der Waals surface area contributed by atoms with Crippen molar-refractivity contribution < 1.29 is 13.9 Å². The number of hydrogen-bond acceptors (Lipinski definition) is 6. The van der Waals surface area contributed by atoms with Crippen LogP contribution in [0, 0.1) is 11.7 Å². The molecular formula is C25H23FN4O3. The van der Waals surface area contributed by atoms with Crippen LogP contribution in [-0.2, 0) is 0 Å². The number of nitrogens with zero attached hydrogens (tertiary/aromatic N) is 3. The summed E-state index contributed by atoms with van der Waals surface area (Å²) >= 11 is 0. The van der Waals surface area contributed by atoms with E-state index < -0.39 is 5.82 Å². The van der Waals surface area contributed by atoms with Gasteiger partial charge >= 0.3 is 6.01 Å². The van der Waals surface area contributed by atoms with Crippen molar-refractivity contribution in [2.75, 3.05) is 11.9 Å². The number of nitrogens with one attached hydrogen (secondary N) is 1. The standard InChI is InChI=1S/C25H23FN4O3/c1-15(2)12-23(31)20-13-17(6-9-21(20)26)30(3)16-4-7-18(8-5-16)33-25-28-22-14-27-11-10-19(22)24(32)29-25/h4-11,13-15H,12H2,1-3H3,(H,28,29,32). The normalized spacial score (nSPS) is 11.1. The summed E-state index contributed by atoms with van der Waals surface area (Å²) in [7, 11) is 1.83. The Labute approximate surface area is 189 Å². The minimum Gasteiger partial charge on any atom is -0.426 e. The van der Waals surface area contributed by atoms with E-state index in [0.29, 0.717) is 22.3 Å². The van der Waals surface area contributed by atoms with Crippen LogP contribution < -0.4 is 15.2 Å². The van der Waals surface area contributed by atoms with Gasteiger partial charge in [0.1, 0.15) is 11.6 Å². The quantitative estimate of drug-likeness (QED) is 0.390. The van der Waals surface area contributed by atoms with Gasteiger partial charge < -0.3 is 9.64 Å². The zero-order valence-corrected chi connectivity index (χ0v) is 18.5. The lowest BCUT2D eigenvalue weighted by Gasteiger charge is -2.21. The van der Waals surface area contributed by atoms with Crippen molar-refractivity contribution in [3.05, 3.63) is 82.7 Å². The monoisotopic (exact) mass is 446 g/mol. The molecule has 0 amide bonds. The Kier molecular flexibility index (Phi) is 6.17. The highest BCUT2D eigenvalue weighted by Crippen LogP contribution is 2.29. The lowest BCUT2D eigenvalue weighted by Crippen LogP contribution is -2.12. The number of halogens is 1. The lowest BCUT2D eigenvalue weighted by atomic mass is 10.00. The number of anilines is 2. The fraction of sp³-hybridized carbons (Fsp3) is 0.200. The Morgan fingerprint density at radius 2 is 1.85 bits per heavy atom. The van der Waals surface area contributed by atoms with E-state index >= 15 is 0 Å². The average molecular weight is 446 g/mol. The van der Waals surface area contributed by atoms with Gasteiger partial charge in [0.2, 0.25) is 0 Å². The van der Waals surface area contributed by atoms with Crippen LogP contribution in [0.4, 0.5) is 15.8 Å². The summed E-state index contributed by atoms with van der Waals surface area (Å²) in [6.45, 7) is 3.85. The highest BCUT2D eigenvalue weighted by molar-refractivity contribution is 5.97. The van der Waals surface area contributed by atoms with E-state index in [-0.39, 0.29) is 35.3 Å². The first kappa shape index (κ1) is 22.1. The third kappa shape index (κ3) is 4.90. The zero-order chi connectivity index (χ0) is 23.5. The second-order valence-electron chi connectivity index (χ2n) is 8.10. The molecule has 1 N–H and O–H groups in total. The SMILES string of the molecule is CC(C)CC(=O)c1cc(N(C)c2ccc(Oc3nc4cnccc4c(=O)[nH]3)cc2)ccc1F. The Morgan fingerprint density at radius 3 is 2.58 bits per heavy atom. The number of aromatic amines is 1. The molecule has 0 radical (unpaired) electrons. The van der Waals surface area contributed by atoms with E-state index in [9.17, 15) is 14.0 Å². The summed E-state index contributed by atoms with van der Waals surface area (Å²) in [6, 6.07) is 13.3. The van der Waals surface area contributed by atoms with Crippen LogP contribution in [0.1, 0.15) is 30.6 Å². The molecule has 0 unspecified atom stereocenters. The van der Waals surface area contributed by atoms with Crippen LogP contribution in [0.2, 0.25) is 0 Å². The molecule has 0 atom stereocenters. The summed E-state index contributed by atoms with van der Waals surface area (Å²) in [6.07, 6.45) is 3.31. The predicted molar refractivity (Wildman–Crippen MR) is 125 cm³/mol. The van der Waals surface area contributed by atoms with Gasteiger partial charge in [-0.05, 0) is 54.4 Å². The lowest BCUT2D eigenvalue weighted by molar-refractivity contribution is 0.0964. The van der Waals surface area contributed by atoms with Gasteiger partial charge in [-0.1, -0.05) is 13.8 Å². The van der Waals surface area contributed by atoms with E-state index in [1.807, 2.05) is 37.9 Å². The van der Waals surface area contributed by atoms with Gasteiger partial charge in [-0.2, -0.15) is 4.98 Å². The maximum atomic E-state index is 14.2. The molecule has 0 saturated carbocycles. The molecule has 2 heterocycles. The number of rotatable bonds is 7. The number of fused-ring (bicyclic) bond motifs is 1. The number of pyridine rings is 1. The van der Waals surface area contributed by atoms with Crippen LogP contribution in [0.25, 0.3) is 10.9 Å². The van der Waals surface area contributed by atoms with Crippen molar-refractivity contribution in [2.24, 2.45) is 5.92 Å². The van der Waals surface area contributed by atoms with E-state index in [4.69, 9.17) is 4.74 Å². The van der Waals surface area contributed by atoms with Crippen LogP contribution in [-0.4, -0.2) is 27.8 Å². The minimum atomic E-state index is -0.520. The predicted octanol–water partition coefficient (Wildman–Crippen LogP) is 5.25. The molecule has 0 fully saturated rings. The summed E-state index contributed by atoms with van der Waals surface area (Å²) in [4.78, 5) is 37.3. The van der Waals surface area contributed by atoms with Crippen LogP contribution in [0.5, 0.6) is 11.8 Å². The highest BCUT2D eigenvalue weighted by atomic mass is 19.1. The van der Waals surface area contributed by atoms with Crippen LogP contribution >= 0.6 is 0 Å². The summed E-state index contributed by atoms with van der Waals surface area (Å²) in [5.41, 5.74) is 1.71. The fourth-order valence-corrected chi connectivity index (χ4v) is 3.43. The molecule has 0 bridgehead atoms. The first-order valence-corrected chi connectivity index (χ1v) is 10.5. The maximum Gasteiger partial charge on any atom is 0.302 e. The number of carbonyl (C=O) groups excluding carboxylic acids is 1. The number of hydrogen-bond donors (Lipinski definition) is 1. The van der Waals surface area contributed by atoms with Crippen molar-refractivity contribution in [2.45, 2.75) is 20.3 Å². The molecule has 0 aliphatic heterocycles. The first-order chi connectivity index (χ1) is 15.8. The summed E-state index contributed by atoms with van der Waals surface area (Å²) < 4.78 is 19.9. The topological polar surface area (TPSA) is 88.2 Å². The molecule has 0 saturated heterocycles. The van der Waals surface area contributed by atoms with Crippen molar-refractivity contribution in [3.8, 4) is 11.8 Å².